The fraction of sp³-hybridized carbons (Fsp3) is 0.300. The number of carbonyl (C=O) groups is 2. The van der Waals surface area contributed by atoms with E-state index < -0.39 is 11.9 Å². The Morgan fingerprint density at radius 2 is 1.65 bits per heavy atom. The highest BCUT2D eigenvalue weighted by Gasteiger charge is 2.11. The number of esters is 1. The number of nitrogens with one attached hydrogen (secondary N) is 1. The number of benzene rings is 2. The zero-order valence-corrected chi connectivity index (χ0v) is 15.2. The van der Waals surface area contributed by atoms with E-state index in [9.17, 15) is 9.59 Å². The highest BCUT2D eigenvalue weighted by atomic mass is 16.6. The summed E-state index contributed by atoms with van der Waals surface area (Å²) in [6.45, 7) is 3.49. The van der Waals surface area contributed by atoms with Crippen molar-refractivity contribution in [3.8, 4) is 11.5 Å². The number of rotatable bonds is 8. The second-order valence-electron chi connectivity index (χ2n) is 5.76. The van der Waals surface area contributed by atoms with Gasteiger partial charge in [0.25, 0.3) is 5.91 Å². The van der Waals surface area contributed by atoms with E-state index in [2.05, 4.69) is 5.32 Å². The fourth-order valence-corrected chi connectivity index (χ4v) is 2.44. The van der Waals surface area contributed by atoms with Crippen LogP contribution in [0, 0.1) is 13.8 Å². The molecule has 6 nitrogen and oxygen atoms in total. The molecule has 0 fully saturated rings. The van der Waals surface area contributed by atoms with Crippen molar-refractivity contribution in [2.24, 2.45) is 0 Å². The van der Waals surface area contributed by atoms with Crippen molar-refractivity contribution in [2.75, 3.05) is 20.3 Å². The summed E-state index contributed by atoms with van der Waals surface area (Å²) >= 11 is 0. The van der Waals surface area contributed by atoms with Gasteiger partial charge in [-0.25, -0.2) is 4.79 Å². The van der Waals surface area contributed by atoms with Crippen LogP contribution in [0.3, 0.4) is 0 Å². The fourth-order valence-electron chi connectivity index (χ4n) is 2.44. The first kappa shape index (κ1) is 19.3. The molecule has 26 heavy (non-hydrogen) atoms. The number of amides is 1. The van der Waals surface area contributed by atoms with E-state index >= 15 is 0 Å². The second kappa shape index (κ2) is 9.46. The lowest BCUT2D eigenvalue weighted by molar-refractivity contribution is -0.150. The van der Waals surface area contributed by atoms with Crippen molar-refractivity contribution in [3.05, 3.63) is 59.2 Å². The molecular formula is C20H23NO5. The van der Waals surface area contributed by atoms with Crippen LogP contribution in [0.4, 0.5) is 0 Å². The lowest BCUT2D eigenvalue weighted by Crippen LogP contribution is -2.29. The lowest BCUT2D eigenvalue weighted by atomic mass is 10.1. The first-order chi connectivity index (χ1) is 12.5. The lowest BCUT2D eigenvalue weighted by Gasteiger charge is -2.12. The van der Waals surface area contributed by atoms with Gasteiger partial charge in [0.1, 0.15) is 11.5 Å². The van der Waals surface area contributed by atoms with Crippen LogP contribution in [-0.4, -0.2) is 32.2 Å². The number of aryl methyl sites for hydroxylation is 2. The molecule has 0 aliphatic carbocycles. The molecule has 0 spiro atoms. The molecule has 138 valence electrons. The average Bonchev–Trinajstić information content (AvgIpc) is 2.64. The SMILES string of the molecule is COc1ccccc1CNC(=O)COC(=O)COc1c(C)cccc1C. The molecular weight excluding hydrogens is 334 g/mol. The number of hydrogen-bond acceptors (Lipinski definition) is 5. The monoisotopic (exact) mass is 357 g/mol. The Hall–Kier alpha value is -3.02. The molecule has 1 amide bonds. The van der Waals surface area contributed by atoms with Gasteiger partial charge in [0.15, 0.2) is 13.2 Å². The molecule has 6 heteroatoms. The van der Waals surface area contributed by atoms with Crippen molar-refractivity contribution in [2.45, 2.75) is 20.4 Å². The molecule has 2 aromatic rings. The van der Waals surface area contributed by atoms with E-state index in [0.29, 0.717) is 18.0 Å². The van der Waals surface area contributed by atoms with Crippen molar-refractivity contribution in [1.29, 1.82) is 0 Å². The Balaban J connectivity index is 1.74. The molecule has 0 bridgehead atoms. The number of hydrogen-bond donors (Lipinski definition) is 1. The molecule has 0 radical (unpaired) electrons. The Bertz CT molecular complexity index is 752. The van der Waals surface area contributed by atoms with Gasteiger partial charge in [-0.1, -0.05) is 36.4 Å². The second-order valence-corrected chi connectivity index (χ2v) is 5.76. The molecule has 0 heterocycles. The van der Waals surface area contributed by atoms with Gasteiger partial charge in [-0.15, -0.1) is 0 Å². The Kier molecular flexibility index (Phi) is 7.02. The highest BCUT2D eigenvalue weighted by molar-refractivity contribution is 5.81. The van der Waals surface area contributed by atoms with Gasteiger partial charge < -0.3 is 19.5 Å². The Labute approximate surface area is 153 Å². The summed E-state index contributed by atoms with van der Waals surface area (Å²) in [6, 6.07) is 13.1. The van der Waals surface area contributed by atoms with Crippen molar-refractivity contribution >= 4 is 11.9 Å². The molecule has 0 aromatic heterocycles. The molecule has 2 aromatic carbocycles. The van der Waals surface area contributed by atoms with Gasteiger partial charge in [-0.3, -0.25) is 4.79 Å². The van der Waals surface area contributed by atoms with E-state index in [1.54, 1.807) is 7.11 Å². The number of carbonyl (C=O) groups excluding carboxylic acids is 2. The zero-order valence-electron chi connectivity index (χ0n) is 15.2. The Morgan fingerprint density at radius 1 is 0.962 bits per heavy atom. The summed E-state index contributed by atoms with van der Waals surface area (Å²) in [5.74, 6) is 0.355. The van der Waals surface area contributed by atoms with Gasteiger partial charge in [-0.2, -0.15) is 0 Å². The number of para-hydroxylation sites is 2. The third-order valence-electron chi connectivity index (χ3n) is 3.78. The maximum absolute atomic E-state index is 11.8. The molecule has 2 rings (SSSR count). The molecule has 0 atom stereocenters. The topological polar surface area (TPSA) is 73.9 Å². The minimum atomic E-state index is -0.597. The van der Waals surface area contributed by atoms with Crippen LogP contribution in [0.15, 0.2) is 42.5 Å². The van der Waals surface area contributed by atoms with E-state index in [1.165, 1.54) is 0 Å². The standard InChI is InChI=1S/C20H23NO5/c1-14-7-6-8-15(2)20(14)26-13-19(23)25-12-18(22)21-11-16-9-4-5-10-17(16)24-3/h4-10H,11-13H2,1-3H3,(H,21,22). The quantitative estimate of drug-likeness (QED) is 0.735. The van der Waals surface area contributed by atoms with Gasteiger partial charge in [0.2, 0.25) is 0 Å². The predicted molar refractivity (Wildman–Crippen MR) is 97.2 cm³/mol. The maximum atomic E-state index is 11.8. The van der Waals surface area contributed by atoms with Gasteiger partial charge in [0, 0.05) is 12.1 Å². The largest absolute Gasteiger partial charge is 0.496 e. The van der Waals surface area contributed by atoms with E-state index in [-0.39, 0.29) is 13.2 Å². The third-order valence-corrected chi connectivity index (χ3v) is 3.78. The predicted octanol–water partition coefficient (Wildman–Crippen LogP) is 2.55. The van der Waals surface area contributed by atoms with E-state index in [0.717, 1.165) is 16.7 Å². The van der Waals surface area contributed by atoms with Crippen LogP contribution in [0.25, 0.3) is 0 Å². The highest BCUT2D eigenvalue weighted by Crippen LogP contribution is 2.22. The van der Waals surface area contributed by atoms with Crippen LogP contribution in [0.2, 0.25) is 0 Å². The normalized spacial score (nSPS) is 10.1. The van der Waals surface area contributed by atoms with Crippen LogP contribution < -0.4 is 14.8 Å². The number of ether oxygens (including phenoxy) is 3. The average molecular weight is 357 g/mol. The zero-order chi connectivity index (χ0) is 18.9. The molecule has 1 N–H and O–H groups in total. The summed E-state index contributed by atoms with van der Waals surface area (Å²) in [5.41, 5.74) is 2.72. The summed E-state index contributed by atoms with van der Waals surface area (Å²) in [6.07, 6.45) is 0. The van der Waals surface area contributed by atoms with Gasteiger partial charge in [0.05, 0.1) is 7.11 Å². The smallest absolute Gasteiger partial charge is 0.344 e. The van der Waals surface area contributed by atoms with Crippen LogP contribution in [-0.2, 0) is 20.9 Å². The van der Waals surface area contributed by atoms with Crippen LogP contribution in [0.1, 0.15) is 16.7 Å². The van der Waals surface area contributed by atoms with Crippen molar-refractivity contribution in [3.63, 3.8) is 0 Å². The number of methoxy groups -OCH3 is 1. The molecule has 0 aliphatic rings. The van der Waals surface area contributed by atoms with Crippen LogP contribution >= 0.6 is 0 Å². The molecule has 0 unspecified atom stereocenters. The minimum Gasteiger partial charge on any atom is -0.496 e. The molecule has 0 saturated heterocycles. The minimum absolute atomic E-state index is 0.245. The van der Waals surface area contributed by atoms with E-state index in [1.807, 2.05) is 56.3 Å². The molecule has 0 saturated carbocycles. The van der Waals surface area contributed by atoms with Crippen molar-refractivity contribution in [1.82, 2.24) is 5.32 Å². The maximum Gasteiger partial charge on any atom is 0.344 e. The molecule has 0 aliphatic heterocycles. The van der Waals surface area contributed by atoms with Gasteiger partial charge in [-0.05, 0) is 31.0 Å². The summed E-state index contributed by atoms with van der Waals surface area (Å²) in [7, 11) is 1.57. The first-order valence-electron chi connectivity index (χ1n) is 8.24. The third kappa shape index (κ3) is 5.51. The van der Waals surface area contributed by atoms with Crippen molar-refractivity contribution < 1.29 is 23.8 Å². The van der Waals surface area contributed by atoms with E-state index in [4.69, 9.17) is 14.2 Å². The summed E-state index contributed by atoms with van der Waals surface area (Å²) in [4.78, 5) is 23.6. The van der Waals surface area contributed by atoms with Crippen LogP contribution in [0.5, 0.6) is 11.5 Å². The summed E-state index contributed by atoms with van der Waals surface area (Å²) in [5, 5.41) is 2.68. The first-order valence-corrected chi connectivity index (χ1v) is 8.24. The summed E-state index contributed by atoms with van der Waals surface area (Å²) < 4.78 is 15.7. The Morgan fingerprint density at radius 3 is 2.35 bits per heavy atom. The van der Waals surface area contributed by atoms with Gasteiger partial charge >= 0.3 is 5.97 Å².